The number of benzene rings is 1. The van der Waals surface area contributed by atoms with Gasteiger partial charge in [-0.25, -0.2) is 0 Å². The van der Waals surface area contributed by atoms with Crippen LogP contribution in [0.2, 0.25) is 5.02 Å². The number of fused-ring (bicyclic) bond motifs is 1. The Kier molecular flexibility index (Phi) is 4.15. The average Bonchev–Trinajstić information content (AvgIpc) is 3.05. The molecule has 0 fully saturated rings. The van der Waals surface area contributed by atoms with Crippen LogP contribution in [0.4, 0.5) is 24.8 Å². The molecular weight excluding hydrogens is 381 g/mol. The summed E-state index contributed by atoms with van der Waals surface area (Å²) >= 11 is 5.85. The monoisotopic (exact) mass is 390 g/mol. The van der Waals surface area contributed by atoms with Crippen LogP contribution < -0.4 is 5.32 Å². The van der Waals surface area contributed by atoms with Crippen LogP contribution >= 0.6 is 11.6 Å². The Morgan fingerprint density at radius 1 is 1.04 bits per heavy atom. The molecule has 136 valence electrons. The van der Waals surface area contributed by atoms with Gasteiger partial charge in [-0.1, -0.05) is 11.6 Å². The van der Waals surface area contributed by atoms with Crippen molar-refractivity contribution in [2.75, 3.05) is 5.32 Å². The number of pyridine rings is 1. The standard InChI is InChI=1S/C17H10ClF3N6/c18-11-3-5-12(6-4-11)24-16-26-25-14-8-10(9-23-27(14)16)15-13(17(19,20)21)2-1-7-22-15/h1-9H,(H,24,26). The maximum Gasteiger partial charge on any atom is 0.418 e. The molecule has 0 bridgehead atoms. The second-order valence-electron chi connectivity index (χ2n) is 5.57. The molecule has 0 aliphatic heterocycles. The number of halogens is 4. The Morgan fingerprint density at radius 2 is 1.81 bits per heavy atom. The maximum atomic E-state index is 13.2. The number of hydrogen-bond donors (Lipinski definition) is 1. The predicted molar refractivity (Wildman–Crippen MR) is 93.7 cm³/mol. The van der Waals surface area contributed by atoms with Crippen LogP contribution in [-0.2, 0) is 6.18 Å². The van der Waals surface area contributed by atoms with Crippen LogP contribution in [-0.4, -0.2) is 24.8 Å². The van der Waals surface area contributed by atoms with Gasteiger partial charge in [0.2, 0.25) is 5.95 Å². The molecule has 0 spiro atoms. The molecule has 4 rings (SSSR count). The lowest BCUT2D eigenvalue weighted by Gasteiger charge is -2.11. The van der Waals surface area contributed by atoms with Crippen LogP contribution in [0.3, 0.4) is 0 Å². The van der Waals surface area contributed by atoms with Gasteiger partial charge in [-0.2, -0.15) is 22.8 Å². The SMILES string of the molecule is FC(F)(F)c1cccnc1-c1cnn2c(Nc3ccc(Cl)cc3)nnc2c1. The van der Waals surface area contributed by atoms with Crippen LogP contribution in [0.15, 0.2) is 54.9 Å². The van der Waals surface area contributed by atoms with E-state index in [1.54, 1.807) is 24.3 Å². The van der Waals surface area contributed by atoms with E-state index in [1.165, 1.54) is 29.0 Å². The van der Waals surface area contributed by atoms with Crippen molar-refractivity contribution in [2.24, 2.45) is 0 Å². The number of nitrogens with zero attached hydrogens (tertiary/aromatic N) is 5. The lowest BCUT2D eigenvalue weighted by atomic mass is 10.1. The zero-order chi connectivity index (χ0) is 19.0. The highest BCUT2D eigenvalue weighted by Crippen LogP contribution is 2.35. The lowest BCUT2D eigenvalue weighted by molar-refractivity contribution is -0.137. The topological polar surface area (TPSA) is 68.0 Å². The van der Waals surface area contributed by atoms with Gasteiger partial charge in [0.05, 0.1) is 17.5 Å². The van der Waals surface area contributed by atoms with Crippen LogP contribution in [0.1, 0.15) is 5.56 Å². The van der Waals surface area contributed by atoms with Crippen molar-refractivity contribution in [3.8, 4) is 11.3 Å². The molecule has 3 heterocycles. The van der Waals surface area contributed by atoms with Gasteiger partial charge in [0.1, 0.15) is 0 Å². The molecule has 0 unspecified atom stereocenters. The first-order chi connectivity index (χ1) is 12.9. The number of nitrogens with one attached hydrogen (secondary N) is 1. The molecule has 0 atom stereocenters. The fraction of sp³-hybridized carbons (Fsp3) is 0.0588. The summed E-state index contributed by atoms with van der Waals surface area (Å²) in [6, 6.07) is 10.6. The quantitative estimate of drug-likeness (QED) is 0.553. The summed E-state index contributed by atoms with van der Waals surface area (Å²) in [4.78, 5) is 3.86. The van der Waals surface area contributed by atoms with Crippen LogP contribution in [0.5, 0.6) is 0 Å². The molecule has 4 aromatic rings. The van der Waals surface area contributed by atoms with Crippen molar-refractivity contribution in [3.63, 3.8) is 0 Å². The Bertz CT molecular complexity index is 1110. The summed E-state index contributed by atoms with van der Waals surface area (Å²) in [6.07, 6.45) is -1.93. The summed E-state index contributed by atoms with van der Waals surface area (Å²) in [7, 11) is 0. The molecule has 6 nitrogen and oxygen atoms in total. The summed E-state index contributed by atoms with van der Waals surface area (Å²) in [6.45, 7) is 0. The summed E-state index contributed by atoms with van der Waals surface area (Å²) in [5.41, 5.74) is 0.137. The molecule has 0 amide bonds. The van der Waals surface area contributed by atoms with Gasteiger partial charge < -0.3 is 5.32 Å². The first-order valence-corrected chi connectivity index (χ1v) is 8.06. The first-order valence-electron chi connectivity index (χ1n) is 7.68. The van der Waals surface area contributed by atoms with Gasteiger partial charge >= 0.3 is 6.18 Å². The third-order valence-electron chi connectivity index (χ3n) is 3.75. The van der Waals surface area contributed by atoms with Gasteiger partial charge in [-0.05, 0) is 42.5 Å². The van der Waals surface area contributed by atoms with E-state index in [-0.39, 0.29) is 16.9 Å². The molecule has 0 radical (unpaired) electrons. The second kappa shape index (κ2) is 6.51. The second-order valence-corrected chi connectivity index (χ2v) is 6.00. The molecule has 0 saturated carbocycles. The molecule has 0 aliphatic carbocycles. The smallest absolute Gasteiger partial charge is 0.323 e. The zero-order valence-corrected chi connectivity index (χ0v) is 14.2. The largest absolute Gasteiger partial charge is 0.418 e. The van der Waals surface area contributed by atoms with E-state index in [2.05, 4.69) is 25.6 Å². The van der Waals surface area contributed by atoms with E-state index in [4.69, 9.17) is 11.6 Å². The van der Waals surface area contributed by atoms with Crippen LogP contribution in [0.25, 0.3) is 16.9 Å². The fourth-order valence-electron chi connectivity index (χ4n) is 2.53. The molecule has 1 aromatic carbocycles. The predicted octanol–water partition coefficient (Wildman–Crippen LogP) is 4.60. The van der Waals surface area contributed by atoms with Gasteiger partial charge in [0.25, 0.3) is 0 Å². The highest BCUT2D eigenvalue weighted by atomic mass is 35.5. The molecule has 0 aliphatic rings. The minimum absolute atomic E-state index is 0.195. The zero-order valence-electron chi connectivity index (χ0n) is 13.4. The van der Waals surface area contributed by atoms with E-state index in [1.807, 2.05) is 0 Å². The number of rotatable bonds is 3. The maximum absolute atomic E-state index is 13.2. The van der Waals surface area contributed by atoms with E-state index >= 15 is 0 Å². The van der Waals surface area contributed by atoms with Gasteiger partial charge in [0, 0.05) is 22.5 Å². The summed E-state index contributed by atoms with van der Waals surface area (Å²) < 4.78 is 41.0. The molecular formula is C17H10ClF3N6. The minimum atomic E-state index is -4.52. The number of hydrogen-bond acceptors (Lipinski definition) is 5. The third-order valence-corrected chi connectivity index (χ3v) is 4.00. The normalized spacial score (nSPS) is 11.7. The molecule has 3 aromatic heterocycles. The van der Waals surface area contributed by atoms with Crippen molar-refractivity contribution in [1.82, 2.24) is 24.8 Å². The summed E-state index contributed by atoms with van der Waals surface area (Å²) in [5.74, 6) is 0.316. The van der Waals surface area contributed by atoms with Gasteiger partial charge in [-0.3, -0.25) is 4.98 Å². The van der Waals surface area contributed by atoms with Crippen molar-refractivity contribution >= 4 is 28.9 Å². The van der Waals surface area contributed by atoms with Crippen molar-refractivity contribution in [3.05, 3.63) is 65.4 Å². The molecule has 27 heavy (non-hydrogen) atoms. The molecule has 10 heteroatoms. The van der Waals surface area contributed by atoms with Crippen LogP contribution in [0, 0.1) is 0 Å². The van der Waals surface area contributed by atoms with E-state index in [0.717, 1.165) is 6.07 Å². The minimum Gasteiger partial charge on any atom is -0.323 e. The van der Waals surface area contributed by atoms with Gasteiger partial charge in [-0.15, -0.1) is 10.2 Å². The highest BCUT2D eigenvalue weighted by Gasteiger charge is 2.34. The highest BCUT2D eigenvalue weighted by molar-refractivity contribution is 6.30. The number of anilines is 2. The van der Waals surface area contributed by atoms with Gasteiger partial charge in [0.15, 0.2) is 5.65 Å². The van der Waals surface area contributed by atoms with Crippen molar-refractivity contribution in [1.29, 1.82) is 0 Å². The Labute approximate surface area is 155 Å². The number of aromatic nitrogens is 5. The van der Waals surface area contributed by atoms with E-state index in [0.29, 0.717) is 16.7 Å². The molecule has 1 N–H and O–H groups in total. The Morgan fingerprint density at radius 3 is 2.56 bits per heavy atom. The van der Waals surface area contributed by atoms with E-state index < -0.39 is 11.7 Å². The third kappa shape index (κ3) is 3.41. The fourth-order valence-corrected chi connectivity index (χ4v) is 2.65. The Hall–Kier alpha value is -3.20. The van der Waals surface area contributed by atoms with Crippen molar-refractivity contribution in [2.45, 2.75) is 6.18 Å². The van der Waals surface area contributed by atoms with E-state index in [9.17, 15) is 13.2 Å². The first kappa shape index (κ1) is 17.2. The summed E-state index contributed by atoms with van der Waals surface area (Å²) in [5, 5.41) is 15.7. The lowest BCUT2D eigenvalue weighted by Crippen LogP contribution is -2.08. The van der Waals surface area contributed by atoms with Crippen molar-refractivity contribution < 1.29 is 13.2 Å². The Balaban J connectivity index is 1.72. The number of alkyl halides is 3. The average molecular weight is 391 g/mol. The molecule has 0 saturated heterocycles.